The van der Waals surface area contributed by atoms with Crippen molar-refractivity contribution in [2.75, 3.05) is 29.9 Å². The number of nitrogens with one attached hydrogen (secondary N) is 1. The summed E-state index contributed by atoms with van der Waals surface area (Å²) in [5.74, 6) is 0.927. The van der Waals surface area contributed by atoms with Crippen molar-refractivity contribution in [2.45, 2.75) is 38.6 Å². The number of rotatable bonds is 5. The van der Waals surface area contributed by atoms with Crippen LogP contribution < -0.4 is 10.2 Å². The van der Waals surface area contributed by atoms with E-state index in [2.05, 4.69) is 28.2 Å². The lowest BCUT2D eigenvalue weighted by Gasteiger charge is -2.36. The molecule has 4 heteroatoms. The van der Waals surface area contributed by atoms with Gasteiger partial charge in [-0.2, -0.15) is 0 Å². The molecular weight excluding hydrogens is 226 g/mol. The maximum absolute atomic E-state index is 9.46. The molecule has 0 radical (unpaired) electrons. The van der Waals surface area contributed by atoms with Gasteiger partial charge >= 0.3 is 0 Å². The molecule has 0 aromatic carbocycles. The molecule has 0 bridgehead atoms. The maximum atomic E-state index is 9.46. The van der Waals surface area contributed by atoms with Crippen LogP contribution in [0.3, 0.4) is 0 Å². The first-order valence-electron chi connectivity index (χ1n) is 6.92. The molecule has 1 unspecified atom stereocenters. The lowest BCUT2D eigenvalue weighted by atomic mass is 10.0. The van der Waals surface area contributed by atoms with E-state index >= 15 is 0 Å². The highest BCUT2D eigenvalue weighted by atomic mass is 16.3. The molecule has 1 aliphatic rings. The largest absolute Gasteiger partial charge is 0.394 e. The van der Waals surface area contributed by atoms with E-state index < -0.39 is 0 Å². The molecule has 1 atom stereocenters. The Labute approximate surface area is 109 Å². The normalized spacial score (nSPS) is 19.9. The molecule has 0 amide bonds. The monoisotopic (exact) mass is 249 g/mol. The van der Waals surface area contributed by atoms with Crippen molar-refractivity contribution in [2.24, 2.45) is 0 Å². The zero-order chi connectivity index (χ0) is 12.8. The summed E-state index contributed by atoms with van der Waals surface area (Å²) in [5.41, 5.74) is 1.17. The van der Waals surface area contributed by atoms with Gasteiger partial charge in [-0.05, 0) is 31.7 Å². The molecular formula is C14H23N3O. The molecule has 0 spiro atoms. The van der Waals surface area contributed by atoms with Gasteiger partial charge in [-0.15, -0.1) is 0 Å². The van der Waals surface area contributed by atoms with Gasteiger partial charge in [0.25, 0.3) is 0 Å². The van der Waals surface area contributed by atoms with Crippen LogP contribution >= 0.6 is 0 Å². The van der Waals surface area contributed by atoms with Crippen LogP contribution in [0.1, 0.15) is 32.6 Å². The van der Waals surface area contributed by atoms with Gasteiger partial charge in [-0.25, -0.2) is 4.98 Å². The number of piperidine rings is 1. The summed E-state index contributed by atoms with van der Waals surface area (Å²) in [5, 5.41) is 12.8. The highest BCUT2D eigenvalue weighted by Crippen LogP contribution is 2.25. The Bertz CT molecular complexity index is 370. The van der Waals surface area contributed by atoms with Crippen molar-refractivity contribution in [1.82, 2.24) is 4.98 Å². The van der Waals surface area contributed by atoms with Crippen LogP contribution in [0, 0.1) is 0 Å². The fourth-order valence-electron chi connectivity index (χ4n) is 2.48. The Hall–Kier alpha value is -1.29. The van der Waals surface area contributed by atoms with E-state index in [9.17, 15) is 5.11 Å². The fraction of sp³-hybridized carbons (Fsp3) is 0.643. The molecule has 2 heterocycles. The van der Waals surface area contributed by atoms with Gasteiger partial charge in [0.2, 0.25) is 0 Å². The third kappa shape index (κ3) is 3.13. The molecule has 4 nitrogen and oxygen atoms in total. The molecule has 2 N–H and O–H groups in total. The lowest BCUT2D eigenvalue weighted by molar-refractivity contribution is 0.240. The number of hydrogen-bond acceptors (Lipinski definition) is 4. The maximum Gasteiger partial charge on any atom is 0.127 e. The van der Waals surface area contributed by atoms with Crippen molar-refractivity contribution in [1.29, 1.82) is 0 Å². The smallest absolute Gasteiger partial charge is 0.127 e. The minimum Gasteiger partial charge on any atom is -0.394 e. The highest BCUT2D eigenvalue weighted by molar-refractivity contribution is 5.54. The van der Waals surface area contributed by atoms with E-state index in [0.29, 0.717) is 0 Å². The van der Waals surface area contributed by atoms with Gasteiger partial charge in [0.05, 0.1) is 12.6 Å². The van der Waals surface area contributed by atoms with Crippen LogP contribution in [0.15, 0.2) is 18.3 Å². The second-order valence-corrected chi connectivity index (χ2v) is 4.85. The number of aliphatic hydroxyl groups excluding tert-OH is 1. The molecule has 1 fully saturated rings. The van der Waals surface area contributed by atoms with Gasteiger partial charge < -0.3 is 15.3 Å². The topological polar surface area (TPSA) is 48.4 Å². The van der Waals surface area contributed by atoms with Crippen LogP contribution in [-0.2, 0) is 0 Å². The molecule has 1 saturated heterocycles. The number of aromatic nitrogens is 1. The predicted octanol–water partition coefficient (Wildman–Crippen LogP) is 2.25. The van der Waals surface area contributed by atoms with Gasteiger partial charge in [0.15, 0.2) is 0 Å². The lowest BCUT2D eigenvalue weighted by Crippen LogP contribution is -2.41. The summed E-state index contributed by atoms with van der Waals surface area (Å²) in [6.45, 7) is 4.35. The van der Waals surface area contributed by atoms with Crippen molar-refractivity contribution in [3.05, 3.63) is 18.3 Å². The minimum atomic E-state index is 0.236. The Balaban J connectivity index is 2.10. The van der Waals surface area contributed by atoms with E-state index in [-0.39, 0.29) is 12.6 Å². The van der Waals surface area contributed by atoms with Crippen LogP contribution in [-0.4, -0.2) is 35.8 Å². The quantitative estimate of drug-likeness (QED) is 0.840. The zero-order valence-corrected chi connectivity index (χ0v) is 11.1. The second-order valence-electron chi connectivity index (χ2n) is 4.85. The first kappa shape index (κ1) is 13.1. The van der Waals surface area contributed by atoms with E-state index in [1.54, 1.807) is 0 Å². The molecule has 1 aliphatic heterocycles. The summed E-state index contributed by atoms with van der Waals surface area (Å²) < 4.78 is 0. The van der Waals surface area contributed by atoms with Crippen molar-refractivity contribution >= 4 is 11.5 Å². The molecule has 18 heavy (non-hydrogen) atoms. The number of hydrogen-bond donors (Lipinski definition) is 2. The SMILES string of the molecule is CCCNc1cc(N2CCCCC2CO)ccn1. The number of aliphatic hydroxyl groups is 1. The second kappa shape index (κ2) is 6.59. The average Bonchev–Trinajstić information content (AvgIpc) is 2.45. The Kier molecular flexibility index (Phi) is 4.81. The van der Waals surface area contributed by atoms with Crippen LogP contribution in [0.4, 0.5) is 11.5 Å². The van der Waals surface area contributed by atoms with Gasteiger partial charge in [0.1, 0.15) is 5.82 Å². The van der Waals surface area contributed by atoms with E-state index in [1.807, 2.05) is 12.3 Å². The number of anilines is 2. The molecule has 100 valence electrons. The third-order valence-corrected chi connectivity index (χ3v) is 3.47. The zero-order valence-electron chi connectivity index (χ0n) is 11.1. The van der Waals surface area contributed by atoms with E-state index in [1.165, 1.54) is 18.5 Å². The van der Waals surface area contributed by atoms with Gasteiger partial charge in [-0.3, -0.25) is 0 Å². The Morgan fingerprint density at radius 2 is 2.39 bits per heavy atom. The molecule has 1 aromatic rings. The molecule has 1 aromatic heterocycles. The molecule has 0 aliphatic carbocycles. The van der Waals surface area contributed by atoms with Crippen molar-refractivity contribution in [3.8, 4) is 0 Å². The summed E-state index contributed by atoms with van der Waals surface area (Å²) >= 11 is 0. The van der Waals surface area contributed by atoms with E-state index in [4.69, 9.17) is 0 Å². The summed E-state index contributed by atoms with van der Waals surface area (Å²) in [7, 11) is 0. The first-order chi connectivity index (χ1) is 8.85. The first-order valence-corrected chi connectivity index (χ1v) is 6.92. The fourth-order valence-corrected chi connectivity index (χ4v) is 2.48. The highest BCUT2D eigenvalue weighted by Gasteiger charge is 2.21. The Morgan fingerprint density at radius 1 is 1.50 bits per heavy atom. The van der Waals surface area contributed by atoms with Gasteiger partial charge in [0, 0.05) is 31.0 Å². The summed E-state index contributed by atoms with van der Waals surface area (Å²) in [6.07, 6.45) is 6.44. The average molecular weight is 249 g/mol. The van der Waals surface area contributed by atoms with Gasteiger partial charge in [-0.1, -0.05) is 6.92 Å². The van der Waals surface area contributed by atoms with Crippen molar-refractivity contribution in [3.63, 3.8) is 0 Å². The third-order valence-electron chi connectivity index (χ3n) is 3.47. The summed E-state index contributed by atoms with van der Waals surface area (Å²) in [6, 6.07) is 4.38. The van der Waals surface area contributed by atoms with Crippen LogP contribution in [0.2, 0.25) is 0 Å². The number of nitrogens with zero attached hydrogens (tertiary/aromatic N) is 2. The summed E-state index contributed by atoms with van der Waals surface area (Å²) in [4.78, 5) is 6.63. The molecule has 0 saturated carbocycles. The Morgan fingerprint density at radius 3 is 3.17 bits per heavy atom. The number of pyridine rings is 1. The standard InChI is InChI=1S/C14H23N3O/c1-2-7-15-14-10-12(6-8-16-14)17-9-4-3-5-13(17)11-18/h6,8,10,13,18H,2-5,7,9,11H2,1H3,(H,15,16). The van der Waals surface area contributed by atoms with Crippen LogP contribution in [0.25, 0.3) is 0 Å². The van der Waals surface area contributed by atoms with Crippen LogP contribution in [0.5, 0.6) is 0 Å². The predicted molar refractivity (Wildman–Crippen MR) is 75.1 cm³/mol. The van der Waals surface area contributed by atoms with E-state index in [0.717, 1.165) is 31.7 Å². The van der Waals surface area contributed by atoms with Crippen molar-refractivity contribution < 1.29 is 5.11 Å². The minimum absolute atomic E-state index is 0.236. The molecule has 2 rings (SSSR count).